The second-order valence-electron chi connectivity index (χ2n) is 8.43. The van der Waals surface area contributed by atoms with Crippen molar-refractivity contribution in [2.24, 2.45) is 10.9 Å². The summed E-state index contributed by atoms with van der Waals surface area (Å²) in [4.78, 5) is 33.8. The van der Waals surface area contributed by atoms with E-state index in [0.29, 0.717) is 41.9 Å². The monoisotopic (exact) mass is 424 g/mol. The number of hydrogen-bond donors (Lipinski definition) is 1. The van der Waals surface area contributed by atoms with Gasteiger partial charge in [0.1, 0.15) is 18.2 Å². The van der Waals surface area contributed by atoms with Gasteiger partial charge in [0.25, 0.3) is 0 Å². The van der Waals surface area contributed by atoms with E-state index in [1.165, 1.54) is 23.5 Å². The normalized spacial score (nSPS) is 22.8. The molecule has 0 bridgehead atoms. The molecule has 0 radical (unpaired) electrons. The Morgan fingerprint density at radius 3 is 2.77 bits per heavy atom. The van der Waals surface area contributed by atoms with Crippen LogP contribution in [0.2, 0.25) is 0 Å². The molecule has 31 heavy (non-hydrogen) atoms. The van der Waals surface area contributed by atoms with Crippen molar-refractivity contribution in [3.8, 4) is 5.69 Å². The number of nitrogens with zero attached hydrogens (tertiary/aromatic N) is 5. The van der Waals surface area contributed by atoms with E-state index in [2.05, 4.69) is 22.3 Å². The van der Waals surface area contributed by atoms with Crippen molar-refractivity contribution in [1.29, 1.82) is 0 Å². The van der Waals surface area contributed by atoms with Gasteiger partial charge in [0, 0.05) is 12.6 Å². The van der Waals surface area contributed by atoms with E-state index in [0.717, 1.165) is 19.3 Å². The lowest BCUT2D eigenvalue weighted by atomic mass is 9.86. The molecule has 1 aromatic carbocycles. The fourth-order valence-electron chi connectivity index (χ4n) is 4.70. The number of hydrogen-bond acceptors (Lipinski definition) is 4. The summed E-state index contributed by atoms with van der Waals surface area (Å²) in [6.07, 6.45) is 6.00. The van der Waals surface area contributed by atoms with Gasteiger partial charge in [0.15, 0.2) is 5.82 Å². The molecule has 5 rings (SSSR count). The first-order valence-corrected chi connectivity index (χ1v) is 10.8. The van der Waals surface area contributed by atoms with Gasteiger partial charge in [-0.1, -0.05) is 19.8 Å². The minimum Gasteiger partial charge on any atom is -0.352 e. The first kappa shape index (κ1) is 19.7. The van der Waals surface area contributed by atoms with Gasteiger partial charge in [-0.15, -0.1) is 0 Å². The molecule has 3 aliphatic rings. The molecule has 0 saturated heterocycles. The number of amides is 3. The zero-order chi connectivity index (χ0) is 21.5. The minimum atomic E-state index is -0.356. The highest BCUT2D eigenvalue weighted by Crippen LogP contribution is 2.33. The maximum Gasteiger partial charge on any atom is 0.331 e. The highest BCUT2D eigenvalue weighted by atomic mass is 19.1. The van der Waals surface area contributed by atoms with Crippen LogP contribution in [0.4, 0.5) is 15.0 Å². The third-order valence-electron chi connectivity index (χ3n) is 6.37. The predicted molar refractivity (Wildman–Crippen MR) is 114 cm³/mol. The summed E-state index contributed by atoms with van der Waals surface area (Å²) < 4.78 is 15.0. The number of anilines is 1. The van der Waals surface area contributed by atoms with Crippen molar-refractivity contribution in [3.05, 3.63) is 41.8 Å². The van der Waals surface area contributed by atoms with Crippen molar-refractivity contribution < 1.29 is 14.0 Å². The first-order chi connectivity index (χ1) is 15.0. The molecular weight excluding hydrogens is 399 g/mol. The van der Waals surface area contributed by atoms with Gasteiger partial charge in [-0.25, -0.2) is 13.9 Å². The molecule has 0 spiro atoms. The van der Waals surface area contributed by atoms with Crippen LogP contribution in [0.1, 0.15) is 38.2 Å². The standard InChI is InChI=1S/C22H25FN6O2/c1-14-4-2-3-5-18(14)26-19(30)13-28-21-17(20-24-10-11-27(20)22(28)31)12-25-29(21)16-8-6-15(23)7-9-16/h6-9,12,14,18H,2-5,10-11,13H2,1H3,(H,26,30)/t14-,18+/m1/s1. The zero-order valence-electron chi connectivity index (χ0n) is 17.4. The molecule has 3 heterocycles. The number of fused-ring (bicyclic) bond motifs is 3. The Hall–Kier alpha value is -3.23. The molecule has 8 nitrogen and oxygen atoms in total. The Morgan fingerprint density at radius 1 is 1.23 bits per heavy atom. The smallest absolute Gasteiger partial charge is 0.331 e. The lowest BCUT2D eigenvalue weighted by Crippen LogP contribution is -2.54. The number of aliphatic imine (C=N–C) groups is 1. The maximum absolute atomic E-state index is 13.4. The molecule has 162 valence electrons. The largest absolute Gasteiger partial charge is 0.352 e. The quantitative estimate of drug-likeness (QED) is 0.819. The number of carbonyl (C=O) groups is 2. The van der Waals surface area contributed by atoms with E-state index >= 15 is 0 Å². The van der Waals surface area contributed by atoms with Crippen LogP contribution in [0, 0.1) is 11.7 Å². The Kier molecular flexibility index (Phi) is 4.95. The average Bonchev–Trinajstić information content (AvgIpc) is 3.41. The van der Waals surface area contributed by atoms with Gasteiger partial charge in [-0.3, -0.25) is 19.6 Å². The van der Waals surface area contributed by atoms with Crippen LogP contribution in [0.15, 0.2) is 35.5 Å². The molecule has 0 unspecified atom stereocenters. The zero-order valence-corrected chi connectivity index (χ0v) is 17.4. The molecular formula is C22H25FN6O2. The van der Waals surface area contributed by atoms with Crippen molar-refractivity contribution in [1.82, 2.24) is 20.0 Å². The number of rotatable bonds is 4. The second kappa shape index (κ2) is 7.79. The molecule has 3 amide bonds. The van der Waals surface area contributed by atoms with Crippen LogP contribution in [0.5, 0.6) is 0 Å². The van der Waals surface area contributed by atoms with E-state index in [-0.39, 0.29) is 30.3 Å². The molecule has 1 N–H and O–H groups in total. The Morgan fingerprint density at radius 2 is 2.00 bits per heavy atom. The van der Waals surface area contributed by atoms with E-state index < -0.39 is 0 Å². The lowest BCUT2D eigenvalue weighted by Gasteiger charge is -2.35. The number of amidine groups is 1. The van der Waals surface area contributed by atoms with E-state index in [1.54, 1.807) is 27.9 Å². The van der Waals surface area contributed by atoms with Gasteiger partial charge in [-0.2, -0.15) is 5.10 Å². The van der Waals surface area contributed by atoms with Crippen LogP contribution >= 0.6 is 0 Å². The van der Waals surface area contributed by atoms with Crippen molar-refractivity contribution in [3.63, 3.8) is 0 Å². The van der Waals surface area contributed by atoms with Gasteiger partial charge >= 0.3 is 6.03 Å². The topological polar surface area (TPSA) is 82.8 Å². The maximum atomic E-state index is 13.4. The Labute approximate surface area is 179 Å². The molecule has 2 aromatic rings. The highest BCUT2D eigenvalue weighted by Gasteiger charge is 2.41. The first-order valence-electron chi connectivity index (χ1n) is 10.8. The summed E-state index contributed by atoms with van der Waals surface area (Å²) in [5.41, 5.74) is 1.30. The Bertz CT molecular complexity index is 1050. The summed E-state index contributed by atoms with van der Waals surface area (Å²) >= 11 is 0. The summed E-state index contributed by atoms with van der Waals surface area (Å²) in [5, 5.41) is 7.56. The number of nitrogens with one attached hydrogen (secondary N) is 1. The fourth-order valence-corrected chi connectivity index (χ4v) is 4.70. The molecule has 1 saturated carbocycles. The number of aromatic nitrogens is 2. The highest BCUT2D eigenvalue weighted by molar-refractivity contribution is 6.20. The summed E-state index contributed by atoms with van der Waals surface area (Å²) in [6.45, 7) is 3.05. The van der Waals surface area contributed by atoms with E-state index in [9.17, 15) is 14.0 Å². The molecule has 1 fully saturated rings. The van der Waals surface area contributed by atoms with Crippen LogP contribution in [-0.2, 0) is 4.79 Å². The SMILES string of the molecule is C[C@@H]1CCCC[C@@H]1NC(=O)CN1C(=O)N2CCN=C2c2cnn(-c3ccc(F)cc3)c21. The molecule has 2 atom stereocenters. The number of halogens is 1. The van der Waals surface area contributed by atoms with Crippen molar-refractivity contribution in [2.45, 2.75) is 38.6 Å². The summed E-state index contributed by atoms with van der Waals surface area (Å²) in [5.74, 6) is 0.938. The van der Waals surface area contributed by atoms with Crippen LogP contribution < -0.4 is 10.2 Å². The third-order valence-corrected chi connectivity index (χ3v) is 6.37. The number of urea groups is 1. The predicted octanol–water partition coefficient (Wildman–Crippen LogP) is 2.71. The van der Waals surface area contributed by atoms with Crippen LogP contribution in [0.3, 0.4) is 0 Å². The number of benzene rings is 1. The second-order valence-corrected chi connectivity index (χ2v) is 8.43. The van der Waals surface area contributed by atoms with Gasteiger partial charge in [0.2, 0.25) is 5.91 Å². The third kappa shape index (κ3) is 3.47. The van der Waals surface area contributed by atoms with Crippen molar-refractivity contribution >= 4 is 23.6 Å². The van der Waals surface area contributed by atoms with E-state index in [1.807, 2.05) is 0 Å². The average molecular weight is 424 g/mol. The summed E-state index contributed by atoms with van der Waals surface area (Å²) in [6, 6.07) is 5.71. The van der Waals surface area contributed by atoms with Crippen molar-refractivity contribution in [2.75, 3.05) is 24.5 Å². The van der Waals surface area contributed by atoms with Gasteiger partial charge in [0.05, 0.1) is 24.0 Å². The molecule has 9 heteroatoms. The van der Waals surface area contributed by atoms with E-state index in [4.69, 9.17) is 0 Å². The molecule has 1 aromatic heterocycles. The summed E-state index contributed by atoms with van der Waals surface area (Å²) in [7, 11) is 0. The van der Waals surface area contributed by atoms with Gasteiger partial charge < -0.3 is 5.32 Å². The van der Waals surface area contributed by atoms with Crippen LogP contribution in [-0.4, -0.2) is 58.1 Å². The number of carbonyl (C=O) groups excluding carboxylic acids is 2. The molecule has 2 aliphatic heterocycles. The fraction of sp³-hybridized carbons (Fsp3) is 0.455. The minimum absolute atomic E-state index is 0.105. The van der Waals surface area contributed by atoms with Crippen LogP contribution in [0.25, 0.3) is 5.69 Å². The lowest BCUT2D eigenvalue weighted by molar-refractivity contribution is -0.121. The molecule has 1 aliphatic carbocycles. The van der Waals surface area contributed by atoms with Gasteiger partial charge in [-0.05, 0) is 43.0 Å². The Balaban J connectivity index is 1.48.